The first kappa shape index (κ1) is 12.8. The summed E-state index contributed by atoms with van der Waals surface area (Å²) in [6.45, 7) is -0.492. The zero-order valence-electron chi connectivity index (χ0n) is 9.86. The molecule has 1 N–H and O–H groups in total. The smallest absolute Gasteiger partial charge is 0.344 e. The molecule has 0 spiro atoms. The summed E-state index contributed by atoms with van der Waals surface area (Å²) in [6.07, 6.45) is 3.18. The van der Waals surface area contributed by atoms with Gasteiger partial charge in [0.25, 0.3) is 0 Å². The highest BCUT2D eigenvalue weighted by molar-refractivity contribution is 5.78. The summed E-state index contributed by atoms with van der Waals surface area (Å²) >= 11 is 0. The van der Waals surface area contributed by atoms with Crippen LogP contribution in [0.4, 0.5) is 4.39 Å². The number of rotatable bonds is 5. The minimum absolute atomic E-state index is 0.309. The van der Waals surface area contributed by atoms with Crippen molar-refractivity contribution in [2.75, 3.05) is 6.61 Å². The van der Waals surface area contributed by atoms with Gasteiger partial charge in [0.2, 0.25) is 6.61 Å². The molecule has 1 aromatic heterocycles. The fourth-order valence-electron chi connectivity index (χ4n) is 1.52. The molecule has 0 aliphatic heterocycles. The van der Waals surface area contributed by atoms with E-state index >= 15 is 0 Å². The SMILES string of the molecule is O=C(O)CO/N=C\c1cccn1-c1ccc(F)cc1. The maximum absolute atomic E-state index is 12.8. The quantitative estimate of drug-likeness (QED) is 0.662. The van der Waals surface area contributed by atoms with E-state index in [9.17, 15) is 9.18 Å². The van der Waals surface area contributed by atoms with Gasteiger partial charge in [0.15, 0.2) is 0 Å². The van der Waals surface area contributed by atoms with Gasteiger partial charge in [-0.1, -0.05) is 5.16 Å². The van der Waals surface area contributed by atoms with Crippen LogP contribution in [-0.4, -0.2) is 28.5 Å². The Morgan fingerprint density at radius 1 is 1.37 bits per heavy atom. The summed E-state index contributed by atoms with van der Waals surface area (Å²) in [7, 11) is 0. The monoisotopic (exact) mass is 262 g/mol. The van der Waals surface area contributed by atoms with Crippen LogP contribution in [0.3, 0.4) is 0 Å². The van der Waals surface area contributed by atoms with Crippen molar-refractivity contribution >= 4 is 12.2 Å². The van der Waals surface area contributed by atoms with Gasteiger partial charge in [-0.3, -0.25) is 0 Å². The Morgan fingerprint density at radius 2 is 2.11 bits per heavy atom. The summed E-state index contributed by atoms with van der Waals surface area (Å²) < 4.78 is 14.6. The van der Waals surface area contributed by atoms with Crippen molar-refractivity contribution in [3.8, 4) is 5.69 Å². The third kappa shape index (κ3) is 3.41. The number of hydrogen-bond donors (Lipinski definition) is 1. The first-order valence-electron chi connectivity index (χ1n) is 5.47. The Kier molecular flexibility index (Phi) is 3.92. The number of nitrogens with zero attached hydrogens (tertiary/aromatic N) is 2. The Hall–Kier alpha value is -2.63. The molecule has 6 heteroatoms. The molecule has 0 saturated heterocycles. The van der Waals surface area contributed by atoms with Crippen molar-refractivity contribution in [2.24, 2.45) is 5.16 Å². The highest BCUT2D eigenvalue weighted by Gasteiger charge is 2.01. The largest absolute Gasteiger partial charge is 0.479 e. The van der Waals surface area contributed by atoms with Crippen molar-refractivity contribution in [2.45, 2.75) is 0 Å². The van der Waals surface area contributed by atoms with Gasteiger partial charge in [0.1, 0.15) is 5.82 Å². The molecule has 0 unspecified atom stereocenters. The summed E-state index contributed by atoms with van der Waals surface area (Å²) in [6, 6.07) is 9.54. The number of halogens is 1. The number of carboxylic acid groups (broad SMARTS) is 1. The third-order valence-electron chi connectivity index (χ3n) is 2.33. The van der Waals surface area contributed by atoms with Crippen molar-refractivity contribution < 1.29 is 19.1 Å². The van der Waals surface area contributed by atoms with E-state index in [2.05, 4.69) is 9.99 Å². The van der Waals surface area contributed by atoms with Crippen molar-refractivity contribution in [3.05, 3.63) is 54.1 Å². The number of aliphatic carboxylic acids is 1. The molecule has 5 nitrogen and oxygen atoms in total. The highest BCUT2D eigenvalue weighted by atomic mass is 19.1. The summed E-state index contributed by atoms with van der Waals surface area (Å²) in [5, 5.41) is 11.9. The normalized spacial score (nSPS) is 10.8. The van der Waals surface area contributed by atoms with E-state index < -0.39 is 12.6 Å². The molecule has 2 rings (SSSR count). The molecule has 0 saturated carbocycles. The first-order valence-corrected chi connectivity index (χ1v) is 5.47. The minimum Gasteiger partial charge on any atom is -0.479 e. The van der Waals surface area contributed by atoms with E-state index in [1.165, 1.54) is 18.3 Å². The Labute approximate surface area is 108 Å². The summed E-state index contributed by atoms with van der Waals surface area (Å²) in [4.78, 5) is 14.8. The molecular formula is C13H11FN2O3. The Bertz CT molecular complexity index is 590. The number of hydrogen-bond acceptors (Lipinski definition) is 3. The van der Waals surface area contributed by atoms with Gasteiger partial charge in [-0.25, -0.2) is 9.18 Å². The van der Waals surface area contributed by atoms with Crippen LogP contribution in [-0.2, 0) is 9.63 Å². The average Bonchev–Trinajstić information content (AvgIpc) is 2.84. The first-order chi connectivity index (χ1) is 9.16. The van der Waals surface area contributed by atoms with Crippen molar-refractivity contribution in [1.29, 1.82) is 0 Å². The van der Waals surface area contributed by atoms with Gasteiger partial charge in [0, 0.05) is 11.9 Å². The lowest BCUT2D eigenvalue weighted by Crippen LogP contribution is -2.04. The lowest BCUT2D eigenvalue weighted by Gasteiger charge is -2.05. The molecule has 0 radical (unpaired) electrons. The standard InChI is InChI=1S/C13H11FN2O3/c14-10-3-5-11(6-4-10)16-7-1-2-12(16)8-15-19-9-13(17)18/h1-8H,9H2,(H,17,18)/b15-8-. The molecule has 0 bridgehead atoms. The average molecular weight is 262 g/mol. The number of carbonyl (C=O) groups is 1. The van der Waals surface area contributed by atoms with E-state index in [-0.39, 0.29) is 5.82 Å². The second-order valence-corrected chi connectivity index (χ2v) is 3.68. The van der Waals surface area contributed by atoms with Crippen LogP contribution in [0.15, 0.2) is 47.8 Å². The molecule has 2 aromatic rings. The fourth-order valence-corrected chi connectivity index (χ4v) is 1.52. The van der Waals surface area contributed by atoms with Gasteiger partial charge < -0.3 is 14.5 Å². The van der Waals surface area contributed by atoms with Crippen LogP contribution in [0.2, 0.25) is 0 Å². The zero-order chi connectivity index (χ0) is 13.7. The van der Waals surface area contributed by atoms with E-state index in [0.29, 0.717) is 5.69 Å². The lowest BCUT2D eigenvalue weighted by molar-refractivity contribution is -0.142. The molecule has 98 valence electrons. The maximum Gasteiger partial charge on any atom is 0.344 e. The maximum atomic E-state index is 12.8. The van der Waals surface area contributed by atoms with E-state index in [1.807, 2.05) is 0 Å². The topological polar surface area (TPSA) is 63.8 Å². The van der Waals surface area contributed by atoms with Gasteiger partial charge in [-0.15, -0.1) is 0 Å². The predicted octanol–water partition coefficient (Wildman–Crippen LogP) is 2.05. The number of benzene rings is 1. The minimum atomic E-state index is -1.09. The summed E-state index contributed by atoms with van der Waals surface area (Å²) in [5.74, 6) is -1.40. The molecule has 1 heterocycles. The van der Waals surface area contributed by atoms with E-state index in [4.69, 9.17) is 5.11 Å². The van der Waals surface area contributed by atoms with Gasteiger partial charge in [-0.2, -0.15) is 0 Å². The number of aromatic nitrogens is 1. The second kappa shape index (κ2) is 5.81. The van der Waals surface area contributed by atoms with Crippen LogP contribution >= 0.6 is 0 Å². The van der Waals surface area contributed by atoms with Crippen LogP contribution in [0, 0.1) is 5.82 Å². The molecule has 1 aromatic carbocycles. The van der Waals surface area contributed by atoms with Crippen LogP contribution in [0.25, 0.3) is 5.69 Å². The second-order valence-electron chi connectivity index (χ2n) is 3.68. The van der Waals surface area contributed by atoms with Gasteiger partial charge in [0.05, 0.1) is 11.9 Å². The Morgan fingerprint density at radius 3 is 2.79 bits per heavy atom. The molecule has 19 heavy (non-hydrogen) atoms. The predicted molar refractivity (Wildman–Crippen MR) is 66.9 cm³/mol. The molecule has 0 aliphatic rings. The fraction of sp³-hybridized carbons (Fsp3) is 0.0769. The number of carboxylic acids is 1. The molecular weight excluding hydrogens is 251 g/mol. The summed E-state index contributed by atoms with van der Waals surface area (Å²) in [5.41, 5.74) is 1.46. The van der Waals surface area contributed by atoms with Crippen molar-refractivity contribution in [3.63, 3.8) is 0 Å². The molecule has 0 aliphatic carbocycles. The van der Waals surface area contributed by atoms with Crippen LogP contribution in [0.1, 0.15) is 5.69 Å². The van der Waals surface area contributed by atoms with Gasteiger partial charge in [-0.05, 0) is 36.4 Å². The third-order valence-corrected chi connectivity index (χ3v) is 2.33. The van der Waals surface area contributed by atoms with Crippen molar-refractivity contribution in [1.82, 2.24) is 4.57 Å². The number of oxime groups is 1. The van der Waals surface area contributed by atoms with Crippen LogP contribution < -0.4 is 0 Å². The lowest BCUT2D eigenvalue weighted by atomic mass is 10.3. The zero-order valence-corrected chi connectivity index (χ0v) is 9.86. The van der Waals surface area contributed by atoms with E-state index in [1.54, 1.807) is 35.0 Å². The van der Waals surface area contributed by atoms with E-state index in [0.717, 1.165) is 5.69 Å². The van der Waals surface area contributed by atoms with Gasteiger partial charge >= 0.3 is 5.97 Å². The highest BCUT2D eigenvalue weighted by Crippen LogP contribution is 2.12. The Balaban J connectivity index is 2.13. The van der Waals surface area contributed by atoms with Crippen LogP contribution in [0.5, 0.6) is 0 Å². The molecule has 0 fully saturated rings. The molecule has 0 amide bonds. The molecule has 0 atom stereocenters.